The summed E-state index contributed by atoms with van der Waals surface area (Å²) in [5.41, 5.74) is 1.52. The Kier molecular flexibility index (Phi) is 5.16. The van der Waals surface area contributed by atoms with Crippen LogP contribution in [0, 0.1) is 12.7 Å². The van der Waals surface area contributed by atoms with E-state index in [-0.39, 0.29) is 10.8 Å². The lowest BCUT2D eigenvalue weighted by Gasteiger charge is -2.01. The smallest absolute Gasteiger partial charge is 0.145 e. The molecule has 0 atom stereocenters. The van der Waals surface area contributed by atoms with Crippen molar-refractivity contribution in [1.29, 1.82) is 0 Å². The zero-order chi connectivity index (χ0) is 12.8. The van der Waals surface area contributed by atoms with Crippen molar-refractivity contribution in [3.63, 3.8) is 0 Å². The monoisotopic (exact) mass is 254 g/mol. The van der Waals surface area contributed by atoms with Gasteiger partial charge in [0.25, 0.3) is 0 Å². The van der Waals surface area contributed by atoms with Gasteiger partial charge in [-0.15, -0.1) is 0 Å². The van der Waals surface area contributed by atoms with Gasteiger partial charge in [0.05, 0.1) is 5.02 Å². The highest BCUT2D eigenvalue weighted by atomic mass is 35.5. The average molecular weight is 255 g/mol. The number of aromatic amines is 1. The number of aromatic nitrogens is 2. The molecule has 0 saturated heterocycles. The summed E-state index contributed by atoms with van der Waals surface area (Å²) in [6.07, 6.45) is 2.15. The van der Waals surface area contributed by atoms with Crippen LogP contribution in [0.25, 0.3) is 0 Å². The van der Waals surface area contributed by atoms with Gasteiger partial charge in [-0.2, -0.15) is 0 Å². The molecule has 0 unspecified atom stereocenters. The fraction of sp³-hybridized carbons (Fsp3) is 0.308. The lowest BCUT2D eigenvalue weighted by atomic mass is 10.1. The van der Waals surface area contributed by atoms with Gasteiger partial charge in [-0.3, -0.25) is 0 Å². The fourth-order valence-electron chi connectivity index (χ4n) is 1.42. The van der Waals surface area contributed by atoms with Crippen molar-refractivity contribution in [2.24, 2.45) is 0 Å². The Morgan fingerprint density at radius 3 is 2.65 bits per heavy atom. The summed E-state index contributed by atoms with van der Waals surface area (Å²) in [7, 11) is 0. The van der Waals surface area contributed by atoms with Crippen LogP contribution in [0.15, 0.2) is 24.4 Å². The number of hydrogen-bond acceptors (Lipinski definition) is 1. The molecular weight excluding hydrogens is 239 g/mol. The number of rotatable bonds is 2. The van der Waals surface area contributed by atoms with Gasteiger partial charge in [0, 0.05) is 18.3 Å². The average Bonchev–Trinajstić information content (AvgIpc) is 2.73. The molecule has 0 bridgehead atoms. The predicted octanol–water partition coefficient (Wildman–Crippen LogP) is 4.13. The summed E-state index contributed by atoms with van der Waals surface area (Å²) in [6, 6.07) is 4.98. The van der Waals surface area contributed by atoms with Gasteiger partial charge in [-0.25, -0.2) is 9.37 Å². The maximum absolute atomic E-state index is 13.5. The van der Waals surface area contributed by atoms with Crippen molar-refractivity contribution < 1.29 is 4.39 Å². The van der Waals surface area contributed by atoms with Gasteiger partial charge >= 0.3 is 0 Å². The van der Waals surface area contributed by atoms with E-state index >= 15 is 0 Å². The standard InChI is InChI=1S/C11H10ClFN2.C2H6/c1-7-6-14-10(15-7)5-8-3-2-4-9(12)11(8)13;1-2/h2-4,6H,5H2,1H3,(H,14,15);1-2H3. The minimum Gasteiger partial charge on any atom is -0.346 e. The first-order valence-corrected chi connectivity index (χ1v) is 5.98. The summed E-state index contributed by atoms with van der Waals surface area (Å²) in [5, 5.41) is 0.149. The van der Waals surface area contributed by atoms with Crippen LogP contribution in [0.5, 0.6) is 0 Å². The molecule has 0 spiro atoms. The molecule has 1 aromatic heterocycles. The lowest BCUT2D eigenvalue weighted by molar-refractivity contribution is 0.613. The Morgan fingerprint density at radius 1 is 1.35 bits per heavy atom. The van der Waals surface area contributed by atoms with Gasteiger partial charge in [0.15, 0.2) is 0 Å². The minimum absolute atomic E-state index is 0.149. The van der Waals surface area contributed by atoms with Crippen molar-refractivity contribution in [2.75, 3.05) is 0 Å². The van der Waals surface area contributed by atoms with Crippen molar-refractivity contribution >= 4 is 11.6 Å². The van der Waals surface area contributed by atoms with Crippen molar-refractivity contribution in [3.8, 4) is 0 Å². The zero-order valence-corrected chi connectivity index (χ0v) is 11.0. The van der Waals surface area contributed by atoms with Gasteiger partial charge < -0.3 is 4.98 Å². The summed E-state index contributed by atoms with van der Waals surface area (Å²) < 4.78 is 13.5. The van der Waals surface area contributed by atoms with Gasteiger partial charge in [0.1, 0.15) is 11.6 Å². The predicted molar refractivity (Wildman–Crippen MR) is 68.9 cm³/mol. The molecule has 1 heterocycles. The van der Waals surface area contributed by atoms with Gasteiger partial charge in [-0.05, 0) is 18.6 Å². The Bertz CT molecular complexity index is 480. The van der Waals surface area contributed by atoms with Crippen molar-refractivity contribution in [2.45, 2.75) is 27.2 Å². The van der Waals surface area contributed by atoms with Crippen LogP contribution in [0.2, 0.25) is 5.02 Å². The van der Waals surface area contributed by atoms with E-state index in [1.54, 1.807) is 18.3 Å². The molecule has 2 nitrogen and oxygen atoms in total. The molecule has 0 radical (unpaired) electrons. The number of nitrogens with zero attached hydrogens (tertiary/aromatic N) is 1. The Hall–Kier alpha value is -1.35. The zero-order valence-electron chi connectivity index (χ0n) is 10.2. The van der Waals surface area contributed by atoms with Crippen LogP contribution < -0.4 is 0 Å². The van der Waals surface area contributed by atoms with Crippen LogP contribution >= 0.6 is 11.6 Å². The van der Waals surface area contributed by atoms with Gasteiger partial charge in [-0.1, -0.05) is 37.6 Å². The third-order valence-corrected chi connectivity index (χ3v) is 2.44. The number of H-pyrrole nitrogens is 1. The second-order valence-electron chi connectivity index (χ2n) is 3.40. The first-order chi connectivity index (χ1) is 8.16. The highest BCUT2D eigenvalue weighted by Gasteiger charge is 2.08. The summed E-state index contributed by atoms with van der Waals surface area (Å²) >= 11 is 5.68. The molecule has 0 aliphatic carbocycles. The Labute approximate surface area is 106 Å². The molecular formula is C13H16ClFN2. The van der Waals surface area contributed by atoms with Crippen molar-refractivity contribution in [3.05, 3.63) is 52.3 Å². The largest absolute Gasteiger partial charge is 0.346 e. The van der Waals surface area contributed by atoms with E-state index in [0.29, 0.717) is 12.0 Å². The van der Waals surface area contributed by atoms with E-state index in [0.717, 1.165) is 11.5 Å². The van der Waals surface area contributed by atoms with Crippen molar-refractivity contribution in [1.82, 2.24) is 9.97 Å². The summed E-state index contributed by atoms with van der Waals surface area (Å²) in [6.45, 7) is 5.91. The quantitative estimate of drug-likeness (QED) is 0.858. The topological polar surface area (TPSA) is 28.7 Å². The first kappa shape index (κ1) is 13.7. The van der Waals surface area contributed by atoms with E-state index in [2.05, 4.69) is 9.97 Å². The van der Waals surface area contributed by atoms with E-state index in [9.17, 15) is 4.39 Å². The number of aryl methyl sites for hydroxylation is 1. The van der Waals surface area contributed by atoms with E-state index in [4.69, 9.17) is 11.6 Å². The molecule has 1 aromatic carbocycles. The SMILES string of the molecule is CC.Cc1cnc(Cc2cccc(Cl)c2F)[nH]1. The third-order valence-electron chi connectivity index (χ3n) is 2.14. The molecule has 0 saturated carbocycles. The van der Waals surface area contributed by atoms with Crippen LogP contribution in [0.3, 0.4) is 0 Å². The number of hydrogen-bond donors (Lipinski definition) is 1. The molecule has 2 rings (SSSR count). The van der Waals surface area contributed by atoms with E-state index in [1.807, 2.05) is 20.8 Å². The maximum Gasteiger partial charge on any atom is 0.145 e. The normalized spacial score (nSPS) is 9.71. The molecule has 0 aliphatic rings. The van der Waals surface area contributed by atoms with Gasteiger partial charge in [0.2, 0.25) is 0 Å². The highest BCUT2D eigenvalue weighted by Crippen LogP contribution is 2.19. The fourth-order valence-corrected chi connectivity index (χ4v) is 1.62. The molecule has 0 amide bonds. The summed E-state index contributed by atoms with van der Waals surface area (Å²) in [5.74, 6) is 0.377. The number of halogens is 2. The highest BCUT2D eigenvalue weighted by molar-refractivity contribution is 6.30. The number of imidazole rings is 1. The molecule has 0 fully saturated rings. The van der Waals surface area contributed by atoms with Crippen LogP contribution in [0.4, 0.5) is 4.39 Å². The Morgan fingerprint density at radius 2 is 2.06 bits per heavy atom. The van der Waals surface area contributed by atoms with Crippen LogP contribution in [-0.4, -0.2) is 9.97 Å². The molecule has 4 heteroatoms. The van der Waals surface area contributed by atoms with E-state index in [1.165, 1.54) is 6.07 Å². The molecule has 17 heavy (non-hydrogen) atoms. The second-order valence-corrected chi connectivity index (χ2v) is 3.81. The molecule has 0 aliphatic heterocycles. The molecule has 2 aromatic rings. The second kappa shape index (κ2) is 6.40. The number of benzene rings is 1. The van der Waals surface area contributed by atoms with E-state index < -0.39 is 0 Å². The first-order valence-electron chi connectivity index (χ1n) is 5.60. The Balaban J connectivity index is 0.000000686. The minimum atomic E-state index is -0.367. The summed E-state index contributed by atoms with van der Waals surface area (Å²) in [4.78, 5) is 7.17. The van der Waals surface area contributed by atoms with Crippen LogP contribution in [-0.2, 0) is 6.42 Å². The van der Waals surface area contributed by atoms with Crippen LogP contribution in [0.1, 0.15) is 30.9 Å². The number of nitrogens with one attached hydrogen (secondary N) is 1. The maximum atomic E-state index is 13.5. The third kappa shape index (κ3) is 3.56. The molecule has 92 valence electrons. The molecule has 1 N–H and O–H groups in total. The lowest BCUT2D eigenvalue weighted by Crippen LogP contribution is -1.95.